The van der Waals surface area contributed by atoms with Crippen molar-refractivity contribution in [1.82, 2.24) is 0 Å². The Hall–Kier alpha value is -3.93. The number of fused-ring (bicyclic) bond motifs is 1. The topological polar surface area (TPSA) is 62.8 Å². The quantitative estimate of drug-likeness (QED) is 0.496. The number of benzene rings is 3. The average molecular weight is 470 g/mol. The van der Waals surface area contributed by atoms with E-state index in [4.69, 9.17) is 9.47 Å². The highest BCUT2D eigenvalue weighted by Gasteiger charge is 2.37. The van der Waals surface area contributed by atoms with Crippen LogP contribution < -0.4 is 25.0 Å². The van der Waals surface area contributed by atoms with Crippen LogP contribution in [0.25, 0.3) is 0 Å². The number of nitrogens with one attached hydrogen (secondary N) is 2. The number of Topliss-reactive ketones (excluding diaryl/α,β-unsaturated/α-hetero) is 1. The molecule has 0 fully saturated rings. The van der Waals surface area contributed by atoms with Gasteiger partial charge in [-0.05, 0) is 48.2 Å². The highest BCUT2D eigenvalue weighted by molar-refractivity contribution is 6.01. The molecule has 0 aromatic heterocycles. The Balaban J connectivity index is 1.60. The molecule has 2 atom stereocenters. The van der Waals surface area contributed by atoms with Crippen molar-refractivity contribution >= 4 is 22.8 Å². The second-order valence-electron chi connectivity index (χ2n) is 9.24. The molecule has 1 aliphatic heterocycles. The zero-order valence-corrected chi connectivity index (χ0v) is 20.6. The van der Waals surface area contributed by atoms with E-state index in [1.54, 1.807) is 14.2 Å². The van der Waals surface area contributed by atoms with Crippen LogP contribution in [-0.2, 0) is 4.79 Å². The molecule has 2 unspecified atom stereocenters. The number of allylic oxidation sites excluding steroid dienone is 1. The molecule has 0 saturated carbocycles. The maximum Gasteiger partial charge on any atom is 0.166 e. The minimum atomic E-state index is -0.365. The normalized spacial score (nSPS) is 19.0. The maximum atomic E-state index is 13.8. The Kier molecular flexibility index (Phi) is 6.12. The van der Waals surface area contributed by atoms with Crippen LogP contribution in [0.4, 0.5) is 17.1 Å². The molecule has 3 aromatic rings. The van der Waals surface area contributed by atoms with Gasteiger partial charge < -0.3 is 25.0 Å². The fraction of sp³-hybridized carbons (Fsp3) is 0.276. The first-order valence-electron chi connectivity index (χ1n) is 11.9. The van der Waals surface area contributed by atoms with Gasteiger partial charge in [0.2, 0.25) is 0 Å². The lowest BCUT2D eigenvalue weighted by Gasteiger charge is -2.30. The van der Waals surface area contributed by atoms with Gasteiger partial charge in [-0.25, -0.2) is 0 Å². The van der Waals surface area contributed by atoms with Crippen molar-refractivity contribution < 1.29 is 14.3 Å². The van der Waals surface area contributed by atoms with Gasteiger partial charge in [-0.15, -0.1) is 0 Å². The van der Waals surface area contributed by atoms with E-state index in [1.165, 1.54) is 5.56 Å². The summed E-state index contributed by atoms with van der Waals surface area (Å²) in [5, 5.41) is 7.23. The Morgan fingerprint density at radius 2 is 1.60 bits per heavy atom. The molecule has 3 aromatic carbocycles. The number of ketones is 1. The number of anilines is 3. The van der Waals surface area contributed by atoms with Crippen LogP contribution >= 0.6 is 0 Å². The number of rotatable bonds is 5. The molecular weight excluding hydrogens is 438 g/mol. The third-order valence-corrected chi connectivity index (χ3v) is 6.93. The lowest BCUT2D eigenvalue weighted by molar-refractivity contribution is -0.116. The summed E-state index contributed by atoms with van der Waals surface area (Å²) in [7, 11) is 7.32. The average Bonchev–Trinajstić information content (AvgIpc) is 3.05. The van der Waals surface area contributed by atoms with E-state index in [0.717, 1.165) is 40.3 Å². The van der Waals surface area contributed by atoms with Crippen LogP contribution in [-0.4, -0.2) is 34.1 Å². The van der Waals surface area contributed by atoms with Gasteiger partial charge in [0, 0.05) is 43.0 Å². The number of hydrogen-bond donors (Lipinski definition) is 2. The predicted octanol–water partition coefficient (Wildman–Crippen LogP) is 5.75. The highest BCUT2D eigenvalue weighted by Crippen LogP contribution is 2.47. The van der Waals surface area contributed by atoms with Crippen molar-refractivity contribution in [2.75, 3.05) is 43.8 Å². The molecule has 35 heavy (non-hydrogen) atoms. The van der Waals surface area contributed by atoms with Crippen molar-refractivity contribution in [2.24, 2.45) is 0 Å². The van der Waals surface area contributed by atoms with E-state index in [2.05, 4.69) is 39.8 Å². The molecule has 2 N–H and O–H groups in total. The molecule has 6 nitrogen and oxygen atoms in total. The number of methoxy groups -OCH3 is 2. The van der Waals surface area contributed by atoms with Gasteiger partial charge in [-0.3, -0.25) is 4.79 Å². The van der Waals surface area contributed by atoms with E-state index < -0.39 is 0 Å². The van der Waals surface area contributed by atoms with Crippen LogP contribution in [0.2, 0.25) is 0 Å². The zero-order valence-electron chi connectivity index (χ0n) is 20.6. The van der Waals surface area contributed by atoms with E-state index >= 15 is 0 Å². The van der Waals surface area contributed by atoms with Gasteiger partial charge in [0.05, 0.1) is 31.6 Å². The molecule has 0 bridgehead atoms. The first-order chi connectivity index (χ1) is 17.0. The third kappa shape index (κ3) is 4.20. The number of carbonyl (C=O) groups is 1. The third-order valence-electron chi connectivity index (χ3n) is 6.93. The molecule has 180 valence electrons. The lowest BCUT2D eigenvalue weighted by Crippen LogP contribution is -2.27. The fourth-order valence-electron chi connectivity index (χ4n) is 5.15. The van der Waals surface area contributed by atoms with Crippen LogP contribution in [0.15, 0.2) is 78.0 Å². The van der Waals surface area contributed by atoms with Gasteiger partial charge in [0.25, 0.3) is 0 Å². The van der Waals surface area contributed by atoms with Crippen molar-refractivity contribution in [3.8, 4) is 11.5 Å². The van der Waals surface area contributed by atoms with E-state index in [9.17, 15) is 4.79 Å². The van der Waals surface area contributed by atoms with Crippen LogP contribution in [0.3, 0.4) is 0 Å². The molecular formula is C29H31N3O3. The molecule has 0 saturated heterocycles. The number of nitrogens with zero attached hydrogens (tertiary/aromatic N) is 1. The smallest absolute Gasteiger partial charge is 0.166 e. The van der Waals surface area contributed by atoms with Gasteiger partial charge >= 0.3 is 0 Å². The molecule has 0 spiro atoms. The van der Waals surface area contributed by atoms with Gasteiger partial charge in [-0.1, -0.05) is 36.4 Å². The maximum absolute atomic E-state index is 13.8. The van der Waals surface area contributed by atoms with Gasteiger partial charge in [0.1, 0.15) is 0 Å². The second-order valence-corrected chi connectivity index (χ2v) is 9.24. The van der Waals surface area contributed by atoms with E-state index in [-0.39, 0.29) is 17.7 Å². The summed E-state index contributed by atoms with van der Waals surface area (Å²) in [5.41, 5.74) is 6.81. The lowest BCUT2D eigenvalue weighted by atomic mass is 9.78. The van der Waals surface area contributed by atoms with Crippen molar-refractivity contribution in [2.45, 2.75) is 24.8 Å². The van der Waals surface area contributed by atoms with Gasteiger partial charge in [0.15, 0.2) is 17.3 Å². The van der Waals surface area contributed by atoms with E-state index in [0.29, 0.717) is 17.9 Å². The molecule has 1 heterocycles. The summed E-state index contributed by atoms with van der Waals surface area (Å²) in [6.45, 7) is 0. The first kappa shape index (κ1) is 22.8. The van der Waals surface area contributed by atoms with Crippen molar-refractivity contribution in [3.63, 3.8) is 0 Å². The summed E-state index contributed by atoms with van der Waals surface area (Å²) >= 11 is 0. The number of carbonyl (C=O) groups excluding carboxylic acids is 1. The predicted molar refractivity (Wildman–Crippen MR) is 141 cm³/mol. The summed E-state index contributed by atoms with van der Waals surface area (Å²) in [6.07, 6.45) is 1.21. The Bertz CT molecular complexity index is 1280. The number of para-hydroxylation sites is 3. The minimum absolute atomic E-state index is 0.114. The highest BCUT2D eigenvalue weighted by atomic mass is 16.5. The summed E-state index contributed by atoms with van der Waals surface area (Å²) in [6, 6.07) is 22.0. The summed E-state index contributed by atoms with van der Waals surface area (Å²) in [4.78, 5) is 15.9. The zero-order chi connectivity index (χ0) is 24.5. The van der Waals surface area contributed by atoms with Crippen LogP contribution in [0, 0.1) is 0 Å². The van der Waals surface area contributed by atoms with Gasteiger partial charge in [-0.2, -0.15) is 0 Å². The molecule has 1 aliphatic carbocycles. The van der Waals surface area contributed by atoms with Crippen LogP contribution in [0.1, 0.15) is 35.9 Å². The Morgan fingerprint density at radius 3 is 2.29 bits per heavy atom. The number of ether oxygens (including phenoxy) is 2. The molecule has 6 heteroatoms. The van der Waals surface area contributed by atoms with Crippen molar-refractivity contribution in [1.29, 1.82) is 0 Å². The largest absolute Gasteiger partial charge is 0.493 e. The summed E-state index contributed by atoms with van der Waals surface area (Å²) in [5.74, 6) is 1.52. The Morgan fingerprint density at radius 1 is 0.857 bits per heavy atom. The molecule has 2 aliphatic rings. The molecule has 0 amide bonds. The standard InChI is InChI=1S/C29H31N3O3/c1-32(2)20-14-12-18(13-15-20)19-16-24-27(25(33)17-19)28(31-23-10-6-5-9-22(23)30-24)21-8-7-11-26(34-3)29(21)35-4/h5-15,19,28,30-31H,16-17H2,1-4H3. The first-order valence-corrected chi connectivity index (χ1v) is 11.9. The number of hydrogen-bond acceptors (Lipinski definition) is 6. The van der Waals surface area contributed by atoms with E-state index in [1.807, 2.05) is 56.6 Å². The summed E-state index contributed by atoms with van der Waals surface area (Å²) < 4.78 is 11.3. The van der Waals surface area contributed by atoms with Crippen LogP contribution in [0.5, 0.6) is 11.5 Å². The molecule has 5 rings (SSSR count). The minimum Gasteiger partial charge on any atom is -0.493 e. The van der Waals surface area contributed by atoms with Crippen molar-refractivity contribution in [3.05, 3.63) is 89.1 Å². The monoisotopic (exact) mass is 469 g/mol. The molecule has 0 radical (unpaired) electrons. The fourth-order valence-corrected chi connectivity index (χ4v) is 5.15. The SMILES string of the molecule is COc1cccc(C2Nc3ccccc3NC3=C2C(=O)CC(c2ccc(N(C)C)cc2)C3)c1OC. The second kappa shape index (κ2) is 9.37. The Labute approximate surface area is 206 Å².